The van der Waals surface area contributed by atoms with Crippen LogP contribution in [0.2, 0.25) is 0 Å². The summed E-state index contributed by atoms with van der Waals surface area (Å²) in [4.78, 5) is 29.9. The fourth-order valence-corrected chi connectivity index (χ4v) is 3.98. The van der Waals surface area contributed by atoms with Gasteiger partial charge in [0.15, 0.2) is 6.33 Å². The minimum absolute atomic E-state index is 0.0226. The molecule has 1 aromatic heterocycles. The van der Waals surface area contributed by atoms with E-state index in [-0.39, 0.29) is 31.1 Å². The average Bonchev–Trinajstić information content (AvgIpc) is 3.36. The zero-order valence-corrected chi connectivity index (χ0v) is 16.2. The molecule has 3 heterocycles. The van der Waals surface area contributed by atoms with Gasteiger partial charge in [-0.2, -0.15) is 4.80 Å². The predicted octanol–water partition coefficient (Wildman–Crippen LogP) is -0.861. The lowest BCUT2D eigenvalue weighted by molar-refractivity contribution is -0.150. The van der Waals surface area contributed by atoms with Crippen LogP contribution in [0.4, 0.5) is 0 Å². The molecule has 1 aromatic rings. The van der Waals surface area contributed by atoms with E-state index in [1.54, 1.807) is 0 Å². The van der Waals surface area contributed by atoms with Crippen LogP contribution in [0.3, 0.4) is 0 Å². The molecule has 1 aliphatic carbocycles. The second kappa shape index (κ2) is 8.95. The van der Waals surface area contributed by atoms with Crippen molar-refractivity contribution in [3.8, 4) is 0 Å². The molecule has 28 heavy (non-hydrogen) atoms. The Morgan fingerprint density at radius 3 is 2.68 bits per heavy atom. The SMILES string of the molecule is O=C(Cn1ncnn1)NC[C@@H]1CN(CC2CCN(CC3CC3)CC2)C(=O)CO1. The van der Waals surface area contributed by atoms with E-state index in [1.807, 2.05) is 4.90 Å². The molecule has 1 N–H and O–H groups in total. The van der Waals surface area contributed by atoms with Gasteiger partial charge in [-0.25, -0.2) is 0 Å². The Bertz CT molecular complexity index is 656. The van der Waals surface area contributed by atoms with Gasteiger partial charge in [0, 0.05) is 26.2 Å². The lowest BCUT2D eigenvalue weighted by atomic mass is 9.95. The summed E-state index contributed by atoms with van der Waals surface area (Å²) in [6.45, 7) is 5.37. The van der Waals surface area contributed by atoms with Crippen molar-refractivity contribution in [3.05, 3.63) is 6.33 Å². The van der Waals surface area contributed by atoms with E-state index in [1.165, 1.54) is 30.5 Å². The van der Waals surface area contributed by atoms with Crippen molar-refractivity contribution >= 4 is 11.8 Å². The molecule has 3 aliphatic rings. The quantitative estimate of drug-likeness (QED) is 0.615. The number of aromatic nitrogens is 4. The zero-order chi connectivity index (χ0) is 19.3. The smallest absolute Gasteiger partial charge is 0.248 e. The van der Waals surface area contributed by atoms with Gasteiger partial charge in [-0.05, 0) is 55.8 Å². The molecule has 2 aliphatic heterocycles. The van der Waals surface area contributed by atoms with Crippen LogP contribution >= 0.6 is 0 Å². The first kappa shape index (κ1) is 19.3. The van der Waals surface area contributed by atoms with E-state index < -0.39 is 0 Å². The van der Waals surface area contributed by atoms with Crippen molar-refractivity contribution < 1.29 is 14.3 Å². The maximum absolute atomic E-state index is 12.3. The van der Waals surface area contributed by atoms with Gasteiger partial charge in [0.25, 0.3) is 0 Å². The fraction of sp³-hybridized carbons (Fsp3) is 0.833. The summed E-state index contributed by atoms with van der Waals surface area (Å²) in [5.41, 5.74) is 0. The number of carbonyl (C=O) groups is 2. The molecule has 10 heteroatoms. The second-order valence-corrected chi connectivity index (χ2v) is 8.19. The number of nitrogens with zero attached hydrogens (tertiary/aromatic N) is 6. The van der Waals surface area contributed by atoms with Gasteiger partial charge in [-0.15, -0.1) is 10.2 Å². The minimum Gasteiger partial charge on any atom is -0.365 e. The average molecular weight is 391 g/mol. The molecule has 154 valence electrons. The molecule has 1 saturated carbocycles. The van der Waals surface area contributed by atoms with Crippen LogP contribution in [0.25, 0.3) is 0 Å². The number of hydrogen-bond donors (Lipinski definition) is 1. The van der Waals surface area contributed by atoms with Gasteiger partial charge in [0.2, 0.25) is 11.8 Å². The first-order valence-electron chi connectivity index (χ1n) is 10.2. The Labute approximate surface area is 164 Å². The van der Waals surface area contributed by atoms with E-state index in [4.69, 9.17) is 4.74 Å². The van der Waals surface area contributed by atoms with Crippen molar-refractivity contribution in [1.82, 2.24) is 35.3 Å². The minimum atomic E-state index is -0.201. The molecule has 10 nitrogen and oxygen atoms in total. The third kappa shape index (κ3) is 5.48. The summed E-state index contributed by atoms with van der Waals surface area (Å²) in [6.07, 6.45) is 6.22. The van der Waals surface area contributed by atoms with E-state index in [9.17, 15) is 9.59 Å². The Morgan fingerprint density at radius 1 is 1.18 bits per heavy atom. The number of carbonyl (C=O) groups excluding carboxylic acids is 2. The number of piperidine rings is 1. The number of likely N-dealkylation sites (tertiary alicyclic amines) is 1. The number of hydrogen-bond acceptors (Lipinski definition) is 7. The van der Waals surface area contributed by atoms with Crippen molar-refractivity contribution in [3.63, 3.8) is 0 Å². The molecule has 0 bridgehead atoms. The van der Waals surface area contributed by atoms with Crippen molar-refractivity contribution in [2.75, 3.05) is 45.9 Å². The molecule has 0 spiro atoms. The number of nitrogens with one attached hydrogen (secondary N) is 1. The molecule has 0 radical (unpaired) electrons. The molecule has 2 saturated heterocycles. The predicted molar refractivity (Wildman–Crippen MR) is 99.0 cm³/mol. The number of tetrazole rings is 1. The maximum atomic E-state index is 12.3. The third-order valence-corrected chi connectivity index (χ3v) is 5.82. The number of rotatable bonds is 8. The number of amides is 2. The van der Waals surface area contributed by atoms with Crippen LogP contribution in [0.1, 0.15) is 25.7 Å². The fourth-order valence-electron chi connectivity index (χ4n) is 3.98. The Hall–Kier alpha value is -2.07. The van der Waals surface area contributed by atoms with Crippen LogP contribution in [-0.4, -0.2) is 93.8 Å². The molecule has 3 fully saturated rings. The molecule has 1 atom stereocenters. The van der Waals surface area contributed by atoms with Crippen molar-refractivity contribution in [2.45, 2.75) is 38.3 Å². The maximum Gasteiger partial charge on any atom is 0.248 e. The number of morpholine rings is 1. The van der Waals surface area contributed by atoms with Gasteiger partial charge in [0.1, 0.15) is 13.2 Å². The standard InChI is InChI=1S/C18H29N7O3/c26-17(11-25-21-13-20-22-25)19-7-16-10-24(18(27)12-28-16)9-15-3-5-23(6-4-15)8-14-1-2-14/h13-16H,1-12H2,(H,19,26)/t16-/m1/s1. The topological polar surface area (TPSA) is 105 Å². The molecule has 2 amide bonds. The number of ether oxygens (including phenoxy) is 1. The Morgan fingerprint density at radius 2 is 1.96 bits per heavy atom. The molecular formula is C18H29N7O3. The largest absolute Gasteiger partial charge is 0.365 e. The highest BCUT2D eigenvalue weighted by molar-refractivity contribution is 5.78. The first-order chi connectivity index (χ1) is 13.7. The van der Waals surface area contributed by atoms with Crippen LogP contribution in [-0.2, 0) is 20.9 Å². The van der Waals surface area contributed by atoms with Gasteiger partial charge in [0.05, 0.1) is 6.10 Å². The van der Waals surface area contributed by atoms with Crippen LogP contribution < -0.4 is 5.32 Å². The van der Waals surface area contributed by atoms with Gasteiger partial charge in [-0.3, -0.25) is 9.59 Å². The van der Waals surface area contributed by atoms with E-state index in [0.29, 0.717) is 19.0 Å². The summed E-state index contributed by atoms with van der Waals surface area (Å²) in [5.74, 6) is 1.35. The van der Waals surface area contributed by atoms with E-state index >= 15 is 0 Å². The van der Waals surface area contributed by atoms with Gasteiger partial charge in [-0.1, -0.05) is 0 Å². The second-order valence-electron chi connectivity index (χ2n) is 8.19. The van der Waals surface area contributed by atoms with Gasteiger partial charge >= 0.3 is 0 Å². The molecule has 0 unspecified atom stereocenters. The summed E-state index contributed by atoms with van der Waals surface area (Å²) < 4.78 is 5.60. The summed E-state index contributed by atoms with van der Waals surface area (Å²) in [7, 11) is 0. The highest BCUT2D eigenvalue weighted by Crippen LogP contribution is 2.31. The molecule has 4 rings (SSSR count). The highest BCUT2D eigenvalue weighted by atomic mass is 16.5. The van der Waals surface area contributed by atoms with E-state index in [0.717, 1.165) is 38.4 Å². The van der Waals surface area contributed by atoms with Crippen LogP contribution in [0, 0.1) is 11.8 Å². The van der Waals surface area contributed by atoms with Gasteiger partial charge < -0.3 is 19.9 Å². The molecular weight excluding hydrogens is 362 g/mol. The van der Waals surface area contributed by atoms with Crippen LogP contribution in [0.5, 0.6) is 0 Å². The lowest BCUT2D eigenvalue weighted by Crippen LogP contribution is -2.52. The Balaban J connectivity index is 1.18. The monoisotopic (exact) mass is 391 g/mol. The van der Waals surface area contributed by atoms with Crippen molar-refractivity contribution in [1.29, 1.82) is 0 Å². The summed E-state index contributed by atoms with van der Waals surface area (Å²) in [5, 5.41) is 13.9. The normalized spacial score (nSPS) is 24.5. The third-order valence-electron chi connectivity index (χ3n) is 5.82. The lowest BCUT2D eigenvalue weighted by Gasteiger charge is -2.38. The van der Waals surface area contributed by atoms with E-state index in [2.05, 4.69) is 25.6 Å². The first-order valence-corrected chi connectivity index (χ1v) is 10.2. The van der Waals surface area contributed by atoms with Crippen LogP contribution in [0.15, 0.2) is 6.33 Å². The Kier molecular flexibility index (Phi) is 6.16. The van der Waals surface area contributed by atoms with Crippen molar-refractivity contribution in [2.24, 2.45) is 11.8 Å². The summed E-state index contributed by atoms with van der Waals surface area (Å²) >= 11 is 0. The highest BCUT2D eigenvalue weighted by Gasteiger charge is 2.31. The summed E-state index contributed by atoms with van der Waals surface area (Å²) in [6, 6.07) is 0. The zero-order valence-electron chi connectivity index (χ0n) is 16.2. The molecule has 0 aromatic carbocycles.